The SMILES string of the molecule is [2H]c1c(C(F)(F)F)c([2H])c([C@](C)(O[C@H]2OC(C)C(C)(C)N(CC3=NN(P(=O)(OC)OC)C(=O)C3)[C@H]2c2ccc(F)cc2C)C(C)C)c(C)c1C(F)(F)F. The van der Waals surface area contributed by atoms with Crippen molar-refractivity contribution in [3.05, 3.63) is 69.5 Å². The molecule has 2 aliphatic rings. The first-order valence-corrected chi connectivity index (χ1v) is 17.4. The Morgan fingerprint density at radius 2 is 1.67 bits per heavy atom. The molecule has 284 valence electrons. The van der Waals surface area contributed by atoms with Crippen LogP contribution in [0.1, 0.15) is 90.1 Å². The van der Waals surface area contributed by atoms with Crippen LogP contribution in [-0.2, 0) is 45.8 Å². The fourth-order valence-corrected chi connectivity index (χ4v) is 7.31. The van der Waals surface area contributed by atoms with Gasteiger partial charge in [-0.25, -0.2) is 8.96 Å². The molecule has 2 heterocycles. The number of benzene rings is 2. The van der Waals surface area contributed by atoms with E-state index < -0.39 is 102 Å². The second-order valence-corrected chi connectivity index (χ2v) is 15.7. The average Bonchev–Trinajstić information content (AvgIpc) is 3.39. The smallest absolute Gasteiger partial charge is 0.346 e. The summed E-state index contributed by atoms with van der Waals surface area (Å²) >= 11 is 0. The maximum Gasteiger partial charge on any atom is 0.457 e. The number of ether oxygens (including phenoxy) is 2. The van der Waals surface area contributed by atoms with Crippen molar-refractivity contribution in [1.82, 2.24) is 9.68 Å². The van der Waals surface area contributed by atoms with Gasteiger partial charge in [0.2, 0.25) is 0 Å². The minimum absolute atomic E-state index is 0.136. The molecule has 4 rings (SSSR count). The summed E-state index contributed by atoms with van der Waals surface area (Å²) in [4.78, 5) is 14.8. The number of hydrogen-bond acceptors (Lipinski definition) is 8. The number of hydrogen-bond donors (Lipinski definition) is 0. The van der Waals surface area contributed by atoms with Crippen LogP contribution in [0.2, 0.25) is 0 Å². The van der Waals surface area contributed by atoms with Crippen LogP contribution in [0.4, 0.5) is 30.7 Å². The van der Waals surface area contributed by atoms with E-state index in [1.54, 1.807) is 32.6 Å². The highest BCUT2D eigenvalue weighted by Gasteiger charge is 2.53. The minimum atomic E-state index is -5.50. The molecule has 2 aromatic rings. The van der Waals surface area contributed by atoms with Gasteiger partial charge in [0.15, 0.2) is 6.29 Å². The van der Waals surface area contributed by atoms with Crippen LogP contribution in [0.3, 0.4) is 0 Å². The third-order valence-corrected chi connectivity index (χ3v) is 11.6. The largest absolute Gasteiger partial charge is 0.457 e. The van der Waals surface area contributed by atoms with Crippen molar-refractivity contribution in [2.24, 2.45) is 11.0 Å². The Morgan fingerprint density at radius 1 is 1.08 bits per heavy atom. The second kappa shape index (κ2) is 14.2. The summed E-state index contributed by atoms with van der Waals surface area (Å²) in [5, 5.41) is 4.25. The highest BCUT2D eigenvalue weighted by molar-refractivity contribution is 7.52. The number of hydrazone groups is 1. The molecule has 17 heteroatoms. The molecule has 0 aromatic heterocycles. The Morgan fingerprint density at radius 3 is 2.18 bits per heavy atom. The van der Waals surface area contributed by atoms with Crippen LogP contribution in [0.25, 0.3) is 0 Å². The van der Waals surface area contributed by atoms with Gasteiger partial charge in [-0.1, -0.05) is 19.9 Å². The van der Waals surface area contributed by atoms with E-state index in [4.69, 9.17) is 21.3 Å². The summed E-state index contributed by atoms with van der Waals surface area (Å²) in [5.74, 6) is -2.19. The van der Waals surface area contributed by atoms with Crippen molar-refractivity contribution in [3.8, 4) is 0 Å². The zero-order valence-electron chi connectivity index (χ0n) is 31.8. The number of carbonyl (C=O) groups is 1. The molecule has 1 unspecified atom stereocenters. The van der Waals surface area contributed by atoms with Gasteiger partial charge in [-0.3, -0.25) is 18.7 Å². The lowest BCUT2D eigenvalue weighted by Gasteiger charge is -2.56. The van der Waals surface area contributed by atoms with Crippen molar-refractivity contribution in [1.29, 1.82) is 0 Å². The number of halogens is 7. The summed E-state index contributed by atoms with van der Waals surface area (Å²) in [6.45, 7) is 11.9. The average molecular weight is 756 g/mol. The molecule has 2 aromatic carbocycles. The number of aryl methyl sites for hydroxylation is 1. The van der Waals surface area contributed by atoms with Crippen molar-refractivity contribution in [2.75, 3.05) is 20.8 Å². The van der Waals surface area contributed by atoms with Gasteiger partial charge in [0.1, 0.15) is 5.82 Å². The zero-order chi connectivity index (χ0) is 40.4. The molecule has 9 nitrogen and oxygen atoms in total. The highest BCUT2D eigenvalue weighted by Crippen LogP contribution is 2.53. The summed E-state index contributed by atoms with van der Waals surface area (Å²) < 4.78 is 154. The van der Waals surface area contributed by atoms with Crippen LogP contribution < -0.4 is 0 Å². The zero-order valence-corrected chi connectivity index (χ0v) is 30.7. The summed E-state index contributed by atoms with van der Waals surface area (Å²) in [6.07, 6.45) is -13.5. The maximum atomic E-state index is 14.5. The first-order chi connectivity index (χ1) is 24.2. The van der Waals surface area contributed by atoms with Gasteiger partial charge in [0, 0.05) is 26.3 Å². The number of alkyl halides is 6. The van der Waals surface area contributed by atoms with Crippen LogP contribution >= 0.6 is 7.75 Å². The number of amides is 1. The monoisotopic (exact) mass is 755 g/mol. The number of carbonyl (C=O) groups excluding carboxylic acids is 1. The Labute approximate surface area is 295 Å². The van der Waals surface area contributed by atoms with Gasteiger partial charge in [0.05, 0.1) is 43.7 Å². The minimum Gasteiger partial charge on any atom is -0.346 e. The molecule has 51 heavy (non-hydrogen) atoms. The fourth-order valence-electron chi connectivity index (χ4n) is 6.28. The van der Waals surface area contributed by atoms with E-state index in [1.165, 1.54) is 39.0 Å². The Hall–Kier alpha value is -2.88. The number of rotatable bonds is 10. The van der Waals surface area contributed by atoms with Gasteiger partial charge in [-0.2, -0.15) is 31.4 Å². The lowest BCUT2D eigenvalue weighted by molar-refractivity contribution is -0.310. The van der Waals surface area contributed by atoms with Gasteiger partial charge in [-0.15, -0.1) is 4.78 Å². The summed E-state index contributed by atoms with van der Waals surface area (Å²) in [5.41, 5.74) is -7.52. The second-order valence-electron chi connectivity index (χ2n) is 13.6. The van der Waals surface area contributed by atoms with Gasteiger partial charge in [0.25, 0.3) is 5.91 Å². The van der Waals surface area contributed by atoms with E-state index >= 15 is 0 Å². The summed E-state index contributed by atoms with van der Waals surface area (Å²) in [7, 11) is -1.98. The lowest BCUT2D eigenvalue weighted by Crippen LogP contribution is -2.64. The normalized spacial score (nSPS) is 23.7. The topological polar surface area (TPSA) is 89.9 Å². The molecule has 0 spiro atoms. The van der Waals surface area contributed by atoms with Crippen molar-refractivity contribution in [3.63, 3.8) is 0 Å². The van der Waals surface area contributed by atoms with Crippen molar-refractivity contribution in [2.45, 2.75) is 104 Å². The molecule has 1 amide bonds. The Balaban J connectivity index is 1.99. The predicted molar refractivity (Wildman–Crippen MR) is 174 cm³/mol. The molecule has 0 bridgehead atoms. The van der Waals surface area contributed by atoms with Gasteiger partial charge >= 0.3 is 20.1 Å². The molecule has 0 aliphatic carbocycles. The molecular formula is C34H43F7N3O6P. The van der Waals surface area contributed by atoms with Gasteiger partial charge in [-0.05, 0) is 93.9 Å². The first kappa shape index (κ1) is 37.9. The van der Waals surface area contributed by atoms with Crippen molar-refractivity contribution < 1.29 is 61.4 Å². The van der Waals surface area contributed by atoms with E-state index in [1.807, 2.05) is 0 Å². The first-order valence-electron chi connectivity index (χ1n) is 16.9. The highest BCUT2D eigenvalue weighted by atomic mass is 31.2. The molecular weight excluding hydrogens is 710 g/mol. The standard InChI is InChI=1S/C34H43F7N3O6P/c1-18(2)32(8,26-14-22(33(36,37)38)15-27(20(26)4)34(39,40)41)50-30-29(25-12-11-23(35)13-19(25)3)43(31(6,7)21(5)49-30)17-24-16-28(45)44(42-24)51(46,47-9)48-10/h11-15,18,21,29-30H,16-17H2,1-10H3/t21?,29-,30+,32+/m0/s1/i14D,15D. The third kappa shape index (κ3) is 7.77. The molecule has 4 atom stereocenters. The van der Waals surface area contributed by atoms with Crippen LogP contribution in [0.5, 0.6) is 0 Å². The number of morpholine rings is 1. The number of nitrogens with zero attached hydrogens (tertiary/aromatic N) is 3. The van der Waals surface area contributed by atoms with E-state index in [0.717, 1.165) is 21.1 Å². The van der Waals surface area contributed by atoms with E-state index in [-0.39, 0.29) is 18.7 Å². The molecule has 2 aliphatic heterocycles. The third-order valence-electron chi connectivity index (χ3n) is 9.85. The van der Waals surface area contributed by atoms with E-state index in [2.05, 4.69) is 5.10 Å². The molecule has 1 fully saturated rings. The van der Waals surface area contributed by atoms with Crippen molar-refractivity contribution >= 4 is 19.4 Å². The fraction of sp³-hybridized carbons (Fsp3) is 0.588. The van der Waals surface area contributed by atoms with Crippen LogP contribution in [-0.4, -0.2) is 60.0 Å². The summed E-state index contributed by atoms with van der Waals surface area (Å²) in [6, 6.07) is -0.465. The predicted octanol–water partition coefficient (Wildman–Crippen LogP) is 8.92. The van der Waals surface area contributed by atoms with Gasteiger partial charge < -0.3 is 9.47 Å². The molecule has 1 saturated heterocycles. The quantitative estimate of drug-likeness (QED) is 0.177. The lowest BCUT2D eigenvalue weighted by atomic mass is 9.79. The van der Waals surface area contributed by atoms with E-state index in [9.17, 15) is 40.1 Å². The Kier molecular flexibility index (Phi) is 10.5. The maximum absolute atomic E-state index is 14.5. The van der Waals surface area contributed by atoms with E-state index in [0.29, 0.717) is 15.9 Å². The van der Waals surface area contributed by atoms with Crippen LogP contribution in [0, 0.1) is 25.6 Å². The van der Waals surface area contributed by atoms with Crippen LogP contribution in [0.15, 0.2) is 35.4 Å². The Bertz CT molecular complexity index is 1790. The molecule has 0 radical (unpaired) electrons. The molecule has 0 saturated carbocycles. The molecule has 0 N–H and O–H groups in total.